The van der Waals surface area contributed by atoms with E-state index >= 15 is 0 Å². The van der Waals surface area contributed by atoms with Crippen molar-refractivity contribution in [3.05, 3.63) is 57.0 Å². The van der Waals surface area contributed by atoms with E-state index in [4.69, 9.17) is 17.3 Å². The molecule has 1 aromatic carbocycles. The zero-order valence-corrected chi connectivity index (χ0v) is 12.8. The van der Waals surface area contributed by atoms with Crippen LogP contribution in [0.15, 0.2) is 35.1 Å². The van der Waals surface area contributed by atoms with Gasteiger partial charge in [-0.2, -0.15) is 0 Å². The zero-order valence-electron chi connectivity index (χ0n) is 10.5. The van der Waals surface area contributed by atoms with Gasteiger partial charge in [0.05, 0.1) is 16.3 Å². The van der Waals surface area contributed by atoms with E-state index in [2.05, 4.69) is 25.9 Å². The van der Waals surface area contributed by atoms with Crippen molar-refractivity contribution >= 4 is 50.0 Å². The topological polar surface area (TPSA) is 71.8 Å². The van der Waals surface area contributed by atoms with Gasteiger partial charge < -0.3 is 10.7 Å². The summed E-state index contributed by atoms with van der Waals surface area (Å²) >= 11 is 9.26. The van der Waals surface area contributed by atoms with Gasteiger partial charge in [-0.3, -0.25) is 4.79 Å². The highest BCUT2D eigenvalue weighted by molar-refractivity contribution is 9.10. The van der Waals surface area contributed by atoms with E-state index in [1.165, 1.54) is 12.3 Å². The van der Waals surface area contributed by atoms with Crippen molar-refractivity contribution in [2.24, 2.45) is 0 Å². The van der Waals surface area contributed by atoms with Crippen LogP contribution in [0.2, 0.25) is 5.02 Å². The van der Waals surface area contributed by atoms with E-state index in [1.54, 1.807) is 12.3 Å². The van der Waals surface area contributed by atoms with Crippen molar-refractivity contribution in [3.63, 3.8) is 0 Å². The smallest absolute Gasteiger partial charge is 0.199 e. The third-order valence-electron chi connectivity index (χ3n) is 3.09. The number of ketones is 1. The predicted molar refractivity (Wildman–Crippen MR) is 83.0 cm³/mol. The third-order valence-corrected chi connectivity index (χ3v) is 3.93. The number of hydrogen-bond acceptors (Lipinski definition) is 3. The Hall–Kier alpha value is -1.92. The van der Waals surface area contributed by atoms with Crippen LogP contribution in [0.1, 0.15) is 15.9 Å². The highest BCUT2D eigenvalue weighted by atomic mass is 79.9. The van der Waals surface area contributed by atoms with Gasteiger partial charge >= 0.3 is 0 Å². The quantitative estimate of drug-likeness (QED) is 0.532. The van der Waals surface area contributed by atoms with E-state index in [9.17, 15) is 9.18 Å². The summed E-state index contributed by atoms with van der Waals surface area (Å²) in [6.07, 6.45) is 3.08. The average molecular weight is 369 g/mol. The minimum absolute atomic E-state index is 0.0858. The number of pyridine rings is 1. The fourth-order valence-electron chi connectivity index (χ4n) is 2.08. The van der Waals surface area contributed by atoms with Gasteiger partial charge in [0, 0.05) is 27.8 Å². The molecule has 0 radical (unpaired) electrons. The molecule has 3 aromatic rings. The summed E-state index contributed by atoms with van der Waals surface area (Å²) in [7, 11) is 0. The van der Waals surface area contributed by atoms with E-state index in [-0.39, 0.29) is 21.8 Å². The molecule has 106 valence electrons. The molecule has 0 fully saturated rings. The Balaban J connectivity index is 2.22. The molecule has 0 saturated heterocycles. The minimum Gasteiger partial charge on any atom is -0.398 e. The van der Waals surface area contributed by atoms with Crippen LogP contribution < -0.4 is 5.73 Å². The zero-order chi connectivity index (χ0) is 15.1. The number of nitrogens with two attached hydrogens (primary N) is 1. The van der Waals surface area contributed by atoms with Gasteiger partial charge in [0.1, 0.15) is 11.5 Å². The van der Waals surface area contributed by atoms with Gasteiger partial charge in [-0.25, -0.2) is 9.37 Å². The number of carbonyl (C=O) groups is 1. The molecule has 0 saturated carbocycles. The Morgan fingerprint density at radius 3 is 2.95 bits per heavy atom. The summed E-state index contributed by atoms with van der Waals surface area (Å²) in [6, 6.07) is 4.17. The van der Waals surface area contributed by atoms with Crippen molar-refractivity contribution in [3.8, 4) is 0 Å². The monoisotopic (exact) mass is 367 g/mol. The van der Waals surface area contributed by atoms with Crippen molar-refractivity contribution < 1.29 is 9.18 Å². The second-order valence-electron chi connectivity index (χ2n) is 4.41. The number of benzene rings is 1. The molecule has 0 atom stereocenters. The Labute approximate surface area is 132 Å². The first-order chi connectivity index (χ1) is 9.99. The molecule has 0 spiro atoms. The first-order valence-corrected chi connectivity index (χ1v) is 7.07. The van der Waals surface area contributed by atoms with Gasteiger partial charge in [-0.05, 0) is 34.1 Å². The van der Waals surface area contributed by atoms with E-state index in [1.807, 2.05) is 0 Å². The fraction of sp³-hybridized carbons (Fsp3) is 0. The molecule has 2 aromatic heterocycles. The lowest BCUT2D eigenvalue weighted by molar-refractivity contribution is 0.103. The van der Waals surface area contributed by atoms with Gasteiger partial charge in [-0.1, -0.05) is 11.6 Å². The Bertz CT molecular complexity index is 878. The maximum atomic E-state index is 14.0. The molecule has 0 unspecified atom stereocenters. The van der Waals surface area contributed by atoms with Crippen LogP contribution in [0.5, 0.6) is 0 Å². The number of rotatable bonds is 2. The largest absolute Gasteiger partial charge is 0.398 e. The number of anilines is 1. The van der Waals surface area contributed by atoms with E-state index in [0.29, 0.717) is 15.5 Å². The summed E-state index contributed by atoms with van der Waals surface area (Å²) in [6.45, 7) is 0. The molecule has 4 nitrogen and oxygen atoms in total. The average Bonchev–Trinajstić information content (AvgIpc) is 2.86. The first kappa shape index (κ1) is 14.0. The molecule has 0 aliphatic carbocycles. The third kappa shape index (κ3) is 2.30. The van der Waals surface area contributed by atoms with Crippen LogP contribution in [0.4, 0.5) is 10.1 Å². The van der Waals surface area contributed by atoms with E-state index < -0.39 is 11.6 Å². The first-order valence-electron chi connectivity index (χ1n) is 5.90. The number of fused-ring (bicyclic) bond motifs is 1. The summed E-state index contributed by atoms with van der Waals surface area (Å²) in [4.78, 5) is 19.6. The van der Waals surface area contributed by atoms with Crippen molar-refractivity contribution in [2.75, 3.05) is 5.73 Å². The van der Waals surface area contributed by atoms with Crippen LogP contribution in [0.25, 0.3) is 11.0 Å². The maximum Gasteiger partial charge on any atom is 0.199 e. The number of H-pyrrole nitrogens is 1. The molecule has 0 amide bonds. The van der Waals surface area contributed by atoms with Crippen LogP contribution in [0.3, 0.4) is 0 Å². The molecule has 3 rings (SSSR count). The molecule has 0 aliphatic heterocycles. The molecule has 21 heavy (non-hydrogen) atoms. The number of hydrogen-bond donors (Lipinski definition) is 2. The van der Waals surface area contributed by atoms with Crippen LogP contribution >= 0.6 is 27.5 Å². The van der Waals surface area contributed by atoms with Crippen LogP contribution in [0, 0.1) is 5.82 Å². The minimum atomic E-state index is -0.712. The summed E-state index contributed by atoms with van der Waals surface area (Å²) in [5, 5.41) is 0.490. The van der Waals surface area contributed by atoms with Gasteiger partial charge in [0.15, 0.2) is 5.78 Å². The second kappa shape index (κ2) is 5.13. The standard InChI is InChI=1S/C14H8BrClFN3O/c15-6-3-7-8(5-20-14(7)19-4-6)13(21)11-9(17)1-2-10(18)12(11)16/h1-5H,18H2,(H,19,20). The SMILES string of the molecule is Nc1ccc(F)c(C(=O)c2c[nH]c3ncc(Br)cc23)c1Cl. The number of carbonyl (C=O) groups excluding carboxylic acids is 1. The molecule has 0 bridgehead atoms. The number of halogens is 3. The van der Waals surface area contributed by atoms with Gasteiger partial charge in [-0.15, -0.1) is 0 Å². The molecular weight excluding hydrogens is 361 g/mol. The van der Waals surface area contributed by atoms with Crippen molar-refractivity contribution in [1.82, 2.24) is 9.97 Å². The molecule has 3 N–H and O–H groups in total. The number of nitrogens with zero attached hydrogens (tertiary/aromatic N) is 1. The molecule has 2 heterocycles. The number of nitrogen functional groups attached to an aromatic ring is 1. The van der Waals surface area contributed by atoms with Crippen molar-refractivity contribution in [1.29, 1.82) is 0 Å². The Morgan fingerprint density at radius 2 is 2.19 bits per heavy atom. The van der Waals surface area contributed by atoms with Gasteiger partial charge in [0.2, 0.25) is 0 Å². The normalized spacial score (nSPS) is 11.0. The second-order valence-corrected chi connectivity index (χ2v) is 5.70. The van der Waals surface area contributed by atoms with Gasteiger partial charge in [0.25, 0.3) is 0 Å². The maximum absolute atomic E-state index is 14.0. The number of aromatic amines is 1. The summed E-state index contributed by atoms with van der Waals surface area (Å²) in [5.74, 6) is -1.26. The van der Waals surface area contributed by atoms with Crippen LogP contribution in [-0.4, -0.2) is 15.8 Å². The number of nitrogens with one attached hydrogen (secondary N) is 1. The lowest BCUT2D eigenvalue weighted by Gasteiger charge is -2.06. The Kier molecular flexibility index (Phi) is 3.43. The molecule has 7 heteroatoms. The highest BCUT2D eigenvalue weighted by Gasteiger charge is 2.22. The highest BCUT2D eigenvalue weighted by Crippen LogP contribution is 2.30. The molecule has 0 aliphatic rings. The predicted octanol–water partition coefficient (Wildman–Crippen LogP) is 3.93. The van der Waals surface area contributed by atoms with E-state index in [0.717, 1.165) is 6.07 Å². The number of aromatic nitrogens is 2. The lowest BCUT2D eigenvalue weighted by atomic mass is 10.0. The Morgan fingerprint density at radius 1 is 1.43 bits per heavy atom. The summed E-state index contributed by atoms with van der Waals surface area (Å²) < 4.78 is 14.7. The lowest BCUT2D eigenvalue weighted by Crippen LogP contribution is -2.06. The van der Waals surface area contributed by atoms with Crippen molar-refractivity contribution in [2.45, 2.75) is 0 Å². The summed E-state index contributed by atoms with van der Waals surface area (Å²) in [5.41, 5.74) is 6.37. The fourth-order valence-corrected chi connectivity index (χ4v) is 2.65. The van der Waals surface area contributed by atoms with Crippen LogP contribution in [-0.2, 0) is 0 Å². The molecular formula is C14H8BrClFN3O.